The molecule has 0 aliphatic carbocycles. The molecule has 3 nitrogen and oxygen atoms in total. The predicted octanol–water partition coefficient (Wildman–Crippen LogP) is 3.80. The molecule has 110 valence electrons. The van der Waals surface area contributed by atoms with Crippen molar-refractivity contribution in [3.05, 3.63) is 59.4 Å². The molecule has 0 unspecified atom stereocenters. The van der Waals surface area contributed by atoms with Crippen molar-refractivity contribution in [2.45, 2.75) is 6.18 Å². The lowest BCUT2D eigenvalue weighted by molar-refractivity contribution is -0.137. The van der Waals surface area contributed by atoms with Crippen LogP contribution < -0.4 is 5.32 Å². The lowest BCUT2D eigenvalue weighted by Gasteiger charge is -2.11. The van der Waals surface area contributed by atoms with Crippen molar-refractivity contribution in [2.75, 3.05) is 5.32 Å². The molecule has 21 heavy (non-hydrogen) atoms. The molecule has 2 N–H and O–H groups in total. The molecule has 0 radical (unpaired) electrons. The summed E-state index contributed by atoms with van der Waals surface area (Å²) in [5, 5.41) is 11.6. The Morgan fingerprint density at radius 2 is 1.76 bits per heavy atom. The number of hydrogen-bond acceptors (Lipinski definition) is 2. The Hall–Kier alpha value is -2.57. The van der Waals surface area contributed by atoms with Gasteiger partial charge in [0.1, 0.15) is 11.6 Å². The van der Waals surface area contributed by atoms with E-state index in [0.29, 0.717) is 12.1 Å². The van der Waals surface area contributed by atoms with Gasteiger partial charge in [-0.1, -0.05) is 12.1 Å². The van der Waals surface area contributed by atoms with Crippen molar-refractivity contribution in [3.63, 3.8) is 0 Å². The Kier molecular flexibility index (Phi) is 3.84. The Bertz CT molecular complexity index is 683. The molecule has 0 aliphatic rings. The van der Waals surface area contributed by atoms with E-state index in [-0.39, 0.29) is 17.0 Å². The maximum Gasteiger partial charge on any atom is 0.416 e. The van der Waals surface area contributed by atoms with Gasteiger partial charge in [0, 0.05) is 5.69 Å². The number of aromatic hydroxyl groups is 1. The van der Waals surface area contributed by atoms with Crippen molar-refractivity contribution < 1.29 is 27.5 Å². The predicted molar refractivity (Wildman–Crippen MR) is 67.5 cm³/mol. The highest BCUT2D eigenvalue weighted by Gasteiger charge is 2.31. The fourth-order valence-electron chi connectivity index (χ4n) is 1.69. The molecule has 0 fully saturated rings. The molecule has 1 amide bonds. The van der Waals surface area contributed by atoms with Crippen LogP contribution in [0.25, 0.3) is 0 Å². The number of benzene rings is 2. The van der Waals surface area contributed by atoms with Gasteiger partial charge < -0.3 is 10.4 Å². The SMILES string of the molecule is O=C(Nc1cc(F)cc(C(F)(F)F)c1)c1ccccc1O. The summed E-state index contributed by atoms with van der Waals surface area (Å²) in [5.41, 5.74) is -1.69. The number of hydrogen-bond donors (Lipinski definition) is 2. The van der Waals surface area contributed by atoms with Crippen LogP contribution in [0.1, 0.15) is 15.9 Å². The molecule has 2 rings (SSSR count). The summed E-state index contributed by atoms with van der Waals surface area (Å²) in [5.74, 6) is -2.30. The molecule has 0 bridgehead atoms. The van der Waals surface area contributed by atoms with Crippen LogP contribution in [-0.4, -0.2) is 11.0 Å². The number of anilines is 1. The average Bonchev–Trinajstić information content (AvgIpc) is 2.37. The first-order valence-electron chi connectivity index (χ1n) is 5.74. The van der Waals surface area contributed by atoms with E-state index in [2.05, 4.69) is 5.32 Å². The third-order valence-electron chi connectivity index (χ3n) is 2.63. The summed E-state index contributed by atoms with van der Waals surface area (Å²) in [6, 6.07) is 7.19. The number of alkyl halides is 3. The van der Waals surface area contributed by atoms with E-state index in [1.807, 2.05) is 0 Å². The van der Waals surface area contributed by atoms with Crippen molar-refractivity contribution >= 4 is 11.6 Å². The molecule has 2 aromatic carbocycles. The molecule has 0 heterocycles. The number of para-hydroxylation sites is 1. The zero-order valence-electron chi connectivity index (χ0n) is 10.4. The van der Waals surface area contributed by atoms with Crippen molar-refractivity contribution in [3.8, 4) is 5.75 Å². The molecule has 0 aliphatic heterocycles. The van der Waals surface area contributed by atoms with Gasteiger partial charge in [0.2, 0.25) is 0 Å². The highest BCUT2D eigenvalue weighted by Crippen LogP contribution is 2.32. The molecule has 0 saturated heterocycles. The van der Waals surface area contributed by atoms with Gasteiger partial charge >= 0.3 is 6.18 Å². The van der Waals surface area contributed by atoms with Crippen LogP contribution in [0, 0.1) is 5.82 Å². The summed E-state index contributed by atoms with van der Waals surface area (Å²) in [4.78, 5) is 11.8. The van der Waals surface area contributed by atoms with Crippen LogP contribution in [0.4, 0.5) is 23.2 Å². The largest absolute Gasteiger partial charge is 0.507 e. The number of rotatable bonds is 2. The lowest BCUT2D eigenvalue weighted by Crippen LogP contribution is -2.13. The zero-order chi connectivity index (χ0) is 15.6. The molecule has 0 saturated carbocycles. The van der Waals surface area contributed by atoms with Crippen LogP contribution in [0.3, 0.4) is 0 Å². The number of phenolic OH excluding ortho intramolecular Hbond substituents is 1. The van der Waals surface area contributed by atoms with Crippen LogP contribution >= 0.6 is 0 Å². The smallest absolute Gasteiger partial charge is 0.416 e. The average molecular weight is 299 g/mol. The highest BCUT2D eigenvalue weighted by atomic mass is 19.4. The third kappa shape index (κ3) is 3.50. The van der Waals surface area contributed by atoms with E-state index in [9.17, 15) is 27.5 Å². The Morgan fingerprint density at radius 1 is 1.10 bits per heavy atom. The van der Waals surface area contributed by atoms with E-state index in [0.717, 1.165) is 6.07 Å². The van der Waals surface area contributed by atoms with Crippen molar-refractivity contribution in [1.82, 2.24) is 0 Å². The number of nitrogens with one attached hydrogen (secondary N) is 1. The molecule has 0 spiro atoms. The third-order valence-corrected chi connectivity index (χ3v) is 2.63. The van der Waals surface area contributed by atoms with Gasteiger partial charge in [-0.3, -0.25) is 4.79 Å². The van der Waals surface area contributed by atoms with Gasteiger partial charge in [-0.2, -0.15) is 13.2 Å². The Morgan fingerprint density at radius 3 is 2.38 bits per heavy atom. The zero-order valence-corrected chi connectivity index (χ0v) is 10.4. The first-order chi connectivity index (χ1) is 9.77. The Labute approximate surface area is 116 Å². The van der Waals surface area contributed by atoms with E-state index in [4.69, 9.17) is 0 Å². The quantitative estimate of drug-likeness (QED) is 0.829. The van der Waals surface area contributed by atoms with Crippen LogP contribution in [0.15, 0.2) is 42.5 Å². The highest BCUT2D eigenvalue weighted by molar-refractivity contribution is 6.06. The van der Waals surface area contributed by atoms with Crippen molar-refractivity contribution in [2.24, 2.45) is 0 Å². The molecule has 0 atom stereocenters. The lowest BCUT2D eigenvalue weighted by atomic mass is 10.1. The summed E-state index contributed by atoms with van der Waals surface area (Å²) < 4.78 is 50.8. The summed E-state index contributed by atoms with van der Waals surface area (Å²) >= 11 is 0. The standard InChI is InChI=1S/C14H9F4NO2/c15-9-5-8(14(16,17)18)6-10(7-9)19-13(21)11-3-1-2-4-12(11)20/h1-7,20H,(H,19,21). The van der Waals surface area contributed by atoms with Gasteiger partial charge in [-0.25, -0.2) is 4.39 Å². The van der Waals surface area contributed by atoms with Gasteiger partial charge in [0.25, 0.3) is 5.91 Å². The van der Waals surface area contributed by atoms with E-state index < -0.39 is 23.5 Å². The van der Waals surface area contributed by atoms with Crippen molar-refractivity contribution in [1.29, 1.82) is 0 Å². The monoisotopic (exact) mass is 299 g/mol. The molecular weight excluding hydrogens is 290 g/mol. The van der Waals surface area contributed by atoms with Crippen LogP contribution in [0.2, 0.25) is 0 Å². The first kappa shape index (κ1) is 14.8. The number of carbonyl (C=O) groups is 1. The summed E-state index contributed by atoms with van der Waals surface area (Å²) in [7, 11) is 0. The second-order valence-electron chi connectivity index (χ2n) is 4.20. The summed E-state index contributed by atoms with van der Waals surface area (Å²) in [6.45, 7) is 0. The maximum atomic E-state index is 13.2. The van der Waals surface area contributed by atoms with E-state index in [1.54, 1.807) is 0 Å². The maximum absolute atomic E-state index is 13.2. The fourth-order valence-corrected chi connectivity index (χ4v) is 1.69. The topological polar surface area (TPSA) is 49.3 Å². The van der Waals surface area contributed by atoms with E-state index >= 15 is 0 Å². The molecular formula is C14H9F4NO2. The fraction of sp³-hybridized carbons (Fsp3) is 0.0714. The number of phenols is 1. The number of amides is 1. The van der Waals surface area contributed by atoms with Crippen LogP contribution in [-0.2, 0) is 6.18 Å². The second kappa shape index (κ2) is 5.43. The number of halogens is 4. The van der Waals surface area contributed by atoms with Gasteiger partial charge in [0.15, 0.2) is 0 Å². The van der Waals surface area contributed by atoms with Gasteiger partial charge in [-0.15, -0.1) is 0 Å². The minimum absolute atomic E-state index is 0.129. The minimum Gasteiger partial charge on any atom is -0.507 e. The van der Waals surface area contributed by atoms with Crippen LogP contribution in [0.5, 0.6) is 5.75 Å². The van der Waals surface area contributed by atoms with Gasteiger partial charge in [-0.05, 0) is 30.3 Å². The van der Waals surface area contributed by atoms with E-state index in [1.165, 1.54) is 24.3 Å². The van der Waals surface area contributed by atoms with Gasteiger partial charge in [0.05, 0.1) is 11.1 Å². The number of carbonyl (C=O) groups excluding carboxylic acids is 1. The molecule has 0 aromatic heterocycles. The normalized spacial score (nSPS) is 11.2. The first-order valence-corrected chi connectivity index (χ1v) is 5.74. The minimum atomic E-state index is -4.73. The molecule has 2 aromatic rings. The molecule has 7 heteroatoms. The Balaban J connectivity index is 2.30. The second-order valence-corrected chi connectivity index (χ2v) is 4.20. The summed E-state index contributed by atoms with van der Waals surface area (Å²) in [6.07, 6.45) is -4.73.